The van der Waals surface area contributed by atoms with Gasteiger partial charge in [-0.3, -0.25) is 9.59 Å². The van der Waals surface area contributed by atoms with Crippen LogP contribution in [0.1, 0.15) is 25.0 Å². The van der Waals surface area contributed by atoms with Gasteiger partial charge >= 0.3 is 0 Å². The molecule has 0 saturated carbocycles. The summed E-state index contributed by atoms with van der Waals surface area (Å²) in [6.45, 7) is 0.620. The highest BCUT2D eigenvalue weighted by Crippen LogP contribution is 2.10. The Morgan fingerprint density at radius 3 is 2.89 bits per heavy atom. The molecule has 1 aliphatic rings. The first-order chi connectivity index (χ1) is 9.06. The van der Waals surface area contributed by atoms with Gasteiger partial charge in [0.15, 0.2) is 0 Å². The van der Waals surface area contributed by atoms with Crippen LogP contribution in [0.5, 0.6) is 0 Å². The Morgan fingerprint density at radius 1 is 1.47 bits per heavy atom. The summed E-state index contributed by atoms with van der Waals surface area (Å²) in [6, 6.07) is 4.11. The zero-order valence-corrected chi connectivity index (χ0v) is 11.6. The summed E-state index contributed by atoms with van der Waals surface area (Å²) < 4.78 is 2.03. The highest BCUT2D eigenvalue weighted by Gasteiger charge is 2.23. The largest absolute Gasteiger partial charge is 0.354 e. The van der Waals surface area contributed by atoms with Crippen molar-refractivity contribution in [2.75, 3.05) is 13.6 Å². The van der Waals surface area contributed by atoms with Gasteiger partial charge in [-0.05, 0) is 25.0 Å². The van der Waals surface area contributed by atoms with Crippen molar-refractivity contribution in [3.8, 4) is 0 Å². The first kappa shape index (κ1) is 13.6. The van der Waals surface area contributed by atoms with E-state index in [1.165, 1.54) is 0 Å². The number of rotatable bonds is 4. The molecule has 2 rings (SSSR count). The molecule has 1 fully saturated rings. The zero-order valence-electron chi connectivity index (χ0n) is 11.6. The lowest BCUT2D eigenvalue weighted by Crippen LogP contribution is -2.48. The summed E-state index contributed by atoms with van der Waals surface area (Å²) in [7, 11) is 3.76. The van der Waals surface area contributed by atoms with Crippen molar-refractivity contribution >= 4 is 11.8 Å². The normalized spacial score (nSPS) is 19.6. The number of hydrogen-bond acceptors (Lipinski definition) is 2. The standard InChI is InChI=1S/C14H21N3O2/c1-16-9-3-4-12(16)6-7-13(18)15-11-5-8-14(19)17(2)10-11/h3-4,9,11H,5-8,10H2,1-2H3,(H,15,18)/t11-/m1/s1. The van der Waals surface area contributed by atoms with Crippen molar-refractivity contribution in [3.05, 3.63) is 24.0 Å². The highest BCUT2D eigenvalue weighted by molar-refractivity contribution is 5.79. The maximum Gasteiger partial charge on any atom is 0.222 e. The number of aryl methyl sites for hydroxylation is 2. The summed E-state index contributed by atoms with van der Waals surface area (Å²) in [4.78, 5) is 24.9. The third-order valence-electron chi connectivity index (χ3n) is 3.65. The number of amides is 2. The second-order valence-electron chi connectivity index (χ2n) is 5.19. The van der Waals surface area contributed by atoms with Gasteiger partial charge in [-0.15, -0.1) is 0 Å². The van der Waals surface area contributed by atoms with Gasteiger partial charge in [0.25, 0.3) is 0 Å². The number of nitrogens with one attached hydrogen (secondary N) is 1. The molecule has 19 heavy (non-hydrogen) atoms. The second-order valence-corrected chi connectivity index (χ2v) is 5.19. The quantitative estimate of drug-likeness (QED) is 0.869. The van der Waals surface area contributed by atoms with E-state index in [1.807, 2.05) is 29.9 Å². The highest BCUT2D eigenvalue weighted by atomic mass is 16.2. The van der Waals surface area contributed by atoms with Gasteiger partial charge in [0, 0.05) is 51.4 Å². The van der Waals surface area contributed by atoms with Crippen LogP contribution in [-0.4, -0.2) is 40.9 Å². The molecule has 5 heteroatoms. The third kappa shape index (κ3) is 3.59. The Kier molecular flexibility index (Phi) is 4.24. The fourth-order valence-electron chi connectivity index (χ4n) is 2.43. The lowest BCUT2D eigenvalue weighted by Gasteiger charge is -2.30. The maximum absolute atomic E-state index is 11.9. The number of nitrogens with zero attached hydrogens (tertiary/aromatic N) is 2. The minimum Gasteiger partial charge on any atom is -0.354 e. The lowest BCUT2D eigenvalue weighted by molar-refractivity contribution is -0.134. The maximum atomic E-state index is 11.9. The number of carbonyl (C=O) groups is 2. The van der Waals surface area contributed by atoms with Crippen LogP contribution in [0.25, 0.3) is 0 Å². The molecule has 1 aromatic heterocycles. The number of carbonyl (C=O) groups excluding carboxylic acids is 2. The van der Waals surface area contributed by atoms with Crippen LogP contribution in [0.15, 0.2) is 18.3 Å². The van der Waals surface area contributed by atoms with E-state index in [0.717, 1.165) is 18.5 Å². The third-order valence-corrected chi connectivity index (χ3v) is 3.65. The number of aromatic nitrogens is 1. The van der Waals surface area contributed by atoms with E-state index in [4.69, 9.17) is 0 Å². The smallest absolute Gasteiger partial charge is 0.222 e. The zero-order chi connectivity index (χ0) is 13.8. The lowest BCUT2D eigenvalue weighted by atomic mass is 10.1. The van der Waals surface area contributed by atoms with E-state index in [0.29, 0.717) is 19.4 Å². The molecule has 1 aliphatic heterocycles. The van der Waals surface area contributed by atoms with Gasteiger partial charge in [-0.1, -0.05) is 0 Å². The average molecular weight is 263 g/mol. The fraction of sp³-hybridized carbons (Fsp3) is 0.571. The molecule has 1 saturated heterocycles. The Bertz CT molecular complexity index is 467. The van der Waals surface area contributed by atoms with E-state index >= 15 is 0 Å². The van der Waals surface area contributed by atoms with E-state index < -0.39 is 0 Å². The Labute approximate surface area is 113 Å². The summed E-state index contributed by atoms with van der Waals surface area (Å²) >= 11 is 0. The predicted octanol–water partition coefficient (Wildman–Crippen LogP) is 0.695. The average Bonchev–Trinajstić information content (AvgIpc) is 2.77. The van der Waals surface area contributed by atoms with E-state index in [-0.39, 0.29) is 17.9 Å². The minimum absolute atomic E-state index is 0.0638. The van der Waals surface area contributed by atoms with Crippen molar-refractivity contribution in [1.82, 2.24) is 14.8 Å². The van der Waals surface area contributed by atoms with Gasteiger partial charge in [0.2, 0.25) is 11.8 Å². The van der Waals surface area contributed by atoms with E-state index in [9.17, 15) is 9.59 Å². The van der Waals surface area contributed by atoms with Gasteiger partial charge < -0.3 is 14.8 Å². The molecule has 0 unspecified atom stereocenters. The summed E-state index contributed by atoms with van der Waals surface area (Å²) in [5.74, 6) is 0.225. The van der Waals surface area contributed by atoms with Crippen LogP contribution >= 0.6 is 0 Å². The fourth-order valence-corrected chi connectivity index (χ4v) is 2.43. The van der Waals surface area contributed by atoms with Crippen molar-refractivity contribution in [2.45, 2.75) is 31.7 Å². The molecule has 104 valence electrons. The van der Waals surface area contributed by atoms with Crippen LogP contribution in [-0.2, 0) is 23.1 Å². The van der Waals surface area contributed by atoms with Crippen LogP contribution < -0.4 is 5.32 Å². The Hall–Kier alpha value is -1.78. The molecular formula is C14H21N3O2. The van der Waals surface area contributed by atoms with Crippen LogP contribution in [0.3, 0.4) is 0 Å². The Morgan fingerprint density at radius 2 is 2.26 bits per heavy atom. The van der Waals surface area contributed by atoms with Gasteiger partial charge in [0.1, 0.15) is 0 Å². The van der Waals surface area contributed by atoms with Gasteiger partial charge in [-0.25, -0.2) is 0 Å². The SMILES string of the molecule is CN1C[C@H](NC(=O)CCc2cccn2C)CCC1=O. The summed E-state index contributed by atoms with van der Waals surface area (Å²) in [5, 5.41) is 3.01. The summed E-state index contributed by atoms with van der Waals surface area (Å²) in [5.41, 5.74) is 1.16. The molecule has 0 bridgehead atoms. The first-order valence-corrected chi connectivity index (χ1v) is 6.70. The molecule has 5 nitrogen and oxygen atoms in total. The molecule has 2 heterocycles. The predicted molar refractivity (Wildman–Crippen MR) is 72.5 cm³/mol. The second kappa shape index (κ2) is 5.91. The number of likely N-dealkylation sites (tertiary alicyclic amines) is 1. The van der Waals surface area contributed by atoms with Crippen LogP contribution in [0, 0.1) is 0 Å². The molecule has 0 aliphatic carbocycles. The first-order valence-electron chi connectivity index (χ1n) is 6.70. The number of piperidine rings is 1. The van der Waals surface area contributed by atoms with Crippen LogP contribution in [0.4, 0.5) is 0 Å². The molecule has 2 amide bonds. The van der Waals surface area contributed by atoms with Crippen molar-refractivity contribution in [2.24, 2.45) is 7.05 Å². The molecule has 0 radical (unpaired) electrons. The number of hydrogen-bond donors (Lipinski definition) is 1. The van der Waals surface area contributed by atoms with Crippen LogP contribution in [0.2, 0.25) is 0 Å². The monoisotopic (exact) mass is 263 g/mol. The summed E-state index contributed by atoms with van der Waals surface area (Å²) in [6.07, 6.45) is 4.50. The molecule has 1 atom stereocenters. The van der Waals surface area contributed by atoms with Crippen molar-refractivity contribution in [3.63, 3.8) is 0 Å². The Balaban J connectivity index is 1.76. The molecule has 1 N–H and O–H groups in total. The van der Waals surface area contributed by atoms with Crippen molar-refractivity contribution in [1.29, 1.82) is 0 Å². The minimum atomic E-state index is 0.0638. The van der Waals surface area contributed by atoms with Gasteiger partial charge in [0.05, 0.1) is 0 Å². The van der Waals surface area contributed by atoms with Gasteiger partial charge in [-0.2, -0.15) is 0 Å². The topological polar surface area (TPSA) is 54.3 Å². The molecule has 1 aromatic rings. The van der Waals surface area contributed by atoms with E-state index in [1.54, 1.807) is 11.9 Å². The van der Waals surface area contributed by atoms with E-state index in [2.05, 4.69) is 5.32 Å². The number of likely N-dealkylation sites (N-methyl/N-ethyl adjacent to an activating group) is 1. The molecular weight excluding hydrogens is 242 g/mol. The molecule has 0 aromatic carbocycles. The van der Waals surface area contributed by atoms with Crippen molar-refractivity contribution < 1.29 is 9.59 Å². The molecule has 0 spiro atoms.